The molecule has 96 valence electrons. The average Bonchev–Trinajstić information content (AvgIpc) is 2.78. The molecule has 0 bridgehead atoms. The Morgan fingerprint density at radius 2 is 2.22 bits per heavy atom. The number of hydrogen-bond acceptors (Lipinski definition) is 4. The van der Waals surface area contributed by atoms with E-state index in [-0.39, 0.29) is 17.7 Å². The zero-order chi connectivity index (χ0) is 13.1. The van der Waals surface area contributed by atoms with E-state index in [0.717, 1.165) is 5.56 Å². The zero-order valence-corrected chi connectivity index (χ0v) is 10.7. The second kappa shape index (κ2) is 5.12. The van der Waals surface area contributed by atoms with Crippen LogP contribution in [0.2, 0.25) is 0 Å². The molecular weight excluding hydrogens is 233 g/mol. The molecular formula is C12H16FN5. The molecule has 0 saturated carbocycles. The number of aromatic nitrogens is 4. The second-order valence-electron chi connectivity index (χ2n) is 4.15. The molecule has 0 fully saturated rings. The molecule has 18 heavy (non-hydrogen) atoms. The second-order valence-corrected chi connectivity index (χ2v) is 4.15. The normalized spacial score (nSPS) is 12.4. The highest BCUT2D eigenvalue weighted by molar-refractivity contribution is 5.39. The summed E-state index contributed by atoms with van der Waals surface area (Å²) < 4.78 is 15.7. The van der Waals surface area contributed by atoms with Crippen molar-refractivity contribution >= 4 is 5.82 Å². The van der Waals surface area contributed by atoms with Crippen molar-refractivity contribution in [2.75, 3.05) is 5.32 Å². The zero-order valence-electron chi connectivity index (χ0n) is 10.7. The van der Waals surface area contributed by atoms with E-state index in [1.807, 2.05) is 27.1 Å². The number of hydrogen-bond donors (Lipinski definition) is 1. The summed E-state index contributed by atoms with van der Waals surface area (Å²) in [5.41, 5.74) is 1.40. The van der Waals surface area contributed by atoms with Gasteiger partial charge < -0.3 is 5.32 Å². The average molecular weight is 249 g/mol. The van der Waals surface area contributed by atoms with E-state index in [9.17, 15) is 4.39 Å². The first-order valence-electron chi connectivity index (χ1n) is 5.86. The molecule has 2 aromatic rings. The maximum absolute atomic E-state index is 13.9. The summed E-state index contributed by atoms with van der Waals surface area (Å²) in [5, 5.41) is 7.12. The smallest absolute Gasteiger partial charge is 0.186 e. The van der Waals surface area contributed by atoms with Gasteiger partial charge in [-0.25, -0.2) is 14.4 Å². The summed E-state index contributed by atoms with van der Waals surface area (Å²) in [4.78, 5) is 7.83. The highest BCUT2D eigenvalue weighted by Gasteiger charge is 2.13. The quantitative estimate of drug-likeness (QED) is 0.901. The van der Waals surface area contributed by atoms with Crippen molar-refractivity contribution in [3.63, 3.8) is 0 Å². The van der Waals surface area contributed by atoms with Crippen LogP contribution in [0.1, 0.15) is 31.1 Å². The molecule has 0 amide bonds. The van der Waals surface area contributed by atoms with Gasteiger partial charge in [0, 0.05) is 18.8 Å². The first-order valence-corrected chi connectivity index (χ1v) is 5.86. The highest BCUT2D eigenvalue weighted by atomic mass is 19.1. The van der Waals surface area contributed by atoms with Gasteiger partial charge in [0.25, 0.3) is 0 Å². The van der Waals surface area contributed by atoms with Crippen LogP contribution < -0.4 is 5.32 Å². The van der Waals surface area contributed by atoms with E-state index < -0.39 is 0 Å². The Kier molecular flexibility index (Phi) is 3.55. The Morgan fingerprint density at radius 1 is 1.44 bits per heavy atom. The van der Waals surface area contributed by atoms with Crippen molar-refractivity contribution in [3.8, 4) is 0 Å². The lowest BCUT2D eigenvalue weighted by atomic mass is 10.2. The van der Waals surface area contributed by atoms with Crippen LogP contribution in [0.25, 0.3) is 0 Å². The van der Waals surface area contributed by atoms with Gasteiger partial charge >= 0.3 is 0 Å². The fourth-order valence-electron chi connectivity index (χ4n) is 1.71. The first kappa shape index (κ1) is 12.5. The van der Waals surface area contributed by atoms with Gasteiger partial charge in [-0.05, 0) is 13.3 Å². The summed E-state index contributed by atoms with van der Waals surface area (Å²) in [6.07, 6.45) is 5.56. The summed E-state index contributed by atoms with van der Waals surface area (Å²) in [5.74, 6) is -0.144. The molecule has 0 aliphatic carbocycles. The van der Waals surface area contributed by atoms with Crippen molar-refractivity contribution in [1.29, 1.82) is 0 Å². The minimum Gasteiger partial charge on any atom is -0.361 e. The molecule has 2 aromatic heterocycles. The van der Waals surface area contributed by atoms with E-state index in [4.69, 9.17) is 0 Å². The molecule has 0 aliphatic rings. The lowest BCUT2D eigenvalue weighted by Crippen LogP contribution is -2.10. The Balaban J connectivity index is 2.19. The van der Waals surface area contributed by atoms with Crippen LogP contribution in [-0.4, -0.2) is 19.7 Å². The molecule has 0 aromatic carbocycles. The predicted octanol–water partition coefficient (Wildman–Crippen LogP) is 2.08. The van der Waals surface area contributed by atoms with E-state index in [1.54, 1.807) is 10.9 Å². The van der Waals surface area contributed by atoms with Gasteiger partial charge in [0.2, 0.25) is 0 Å². The fraction of sp³-hybridized carbons (Fsp3) is 0.417. The third-order valence-corrected chi connectivity index (χ3v) is 2.77. The third-order valence-electron chi connectivity index (χ3n) is 2.77. The Labute approximate surface area is 105 Å². The van der Waals surface area contributed by atoms with Crippen LogP contribution in [0.3, 0.4) is 0 Å². The topological polar surface area (TPSA) is 55.6 Å². The molecule has 1 unspecified atom stereocenters. The molecule has 0 spiro atoms. The van der Waals surface area contributed by atoms with Crippen molar-refractivity contribution in [2.24, 2.45) is 7.05 Å². The molecule has 2 heterocycles. The van der Waals surface area contributed by atoms with Crippen LogP contribution in [0.15, 0.2) is 18.7 Å². The van der Waals surface area contributed by atoms with Gasteiger partial charge in [0.15, 0.2) is 11.6 Å². The van der Waals surface area contributed by atoms with E-state index in [1.165, 1.54) is 6.33 Å². The lowest BCUT2D eigenvalue weighted by molar-refractivity contribution is 0.594. The molecule has 0 radical (unpaired) electrons. The Bertz CT molecular complexity index is 537. The van der Waals surface area contributed by atoms with Crippen LogP contribution in [-0.2, 0) is 13.5 Å². The van der Waals surface area contributed by atoms with Gasteiger partial charge in [-0.3, -0.25) is 4.68 Å². The predicted molar refractivity (Wildman–Crippen MR) is 66.6 cm³/mol. The summed E-state index contributed by atoms with van der Waals surface area (Å²) in [6.45, 7) is 3.80. The monoisotopic (exact) mass is 249 g/mol. The lowest BCUT2D eigenvalue weighted by Gasteiger charge is -2.13. The number of anilines is 1. The summed E-state index contributed by atoms with van der Waals surface area (Å²) >= 11 is 0. The van der Waals surface area contributed by atoms with Gasteiger partial charge in [-0.15, -0.1) is 0 Å². The van der Waals surface area contributed by atoms with Crippen molar-refractivity contribution < 1.29 is 4.39 Å². The molecule has 1 N–H and O–H groups in total. The highest BCUT2D eigenvalue weighted by Crippen LogP contribution is 2.20. The van der Waals surface area contributed by atoms with Gasteiger partial charge in [-0.1, -0.05) is 6.92 Å². The fourth-order valence-corrected chi connectivity index (χ4v) is 1.71. The van der Waals surface area contributed by atoms with E-state index in [2.05, 4.69) is 20.4 Å². The molecule has 0 aliphatic heterocycles. The number of aryl methyl sites for hydroxylation is 2. The van der Waals surface area contributed by atoms with Gasteiger partial charge in [-0.2, -0.15) is 5.10 Å². The molecule has 0 saturated heterocycles. The number of rotatable bonds is 4. The minimum atomic E-state index is -0.379. The number of nitrogens with one attached hydrogen (secondary N) is 1. The largest absolute Gasteiger partial charge is 0.361 e. The minimum absolute atomic E-state index is 0.0622. The van der Waals surface area contributed by atoms with Crippen molar-refractivity contribution in [1.82, 2.24) is 19.7 Å². The van der Waals surface area contributed by atoms with E-state index in [0.29, 0.717) is 12.1 Å². The third kappa shape index (κ3) is 2.47. The van der Waals surface area contributed by atoms with Crippen LogP contribution in [0.4, 0.5) is 10.2 Å². The van der Waals surface area contributed by atoms with Crippen LogP contribution in [0.5, 0.6) is 0 Å². The standard InChI is InChI=1S/C12H16FN5/c1-4-10-11(13)12(15-7-14-10)17-8(2)9-5-16-18(3)6-9/h5-8H,4H2,1-3H3,(H,14,15,17). The maximum atomic E-state index is 13.9. The summed E-state index contributed by atoms with van der Waals surface area (Å²) in [7, 11) is 1.84. The van der Waals surface area contributed by atoms with Crippen molar-refractivity contribution in [3.05, 3.63) is 35.8 Å². The number of halogens is 1. The number of nitrogens with zero attached hydrogens (tertiary/aromatic N) is 4. The summed E-state index contributed by atoms with van der Waals surface area (Å²) in [6, 6.07) is -0.0622. The van der Waals surface area contributed by atoms with Gasteiger partial charge in [0.05, 0.1) is 17.9 Å². The van der Waals surface area contributed by atoms with Crippen LogP contribution >= 0.6 is 0 Å². The van der Waals surface area contributed by atoms with E-state index >= 15 is 0 Å². The Hall–Kier alpha value is -1.98. The van der Waals surface area contributed by atoms with Crippen molar-refractivity contribution in [2.45, 2.75) is 26.3 Å². The van der Waals surface area contributed by atoms with Crippen LogP contribution in [0, 0.1) is 5.82 Å². The first-order chi connectivity index (χ1) is 8.61. The van der Waals surface area contributed by atoms with Gasteiger partial charge in [0.1, 0.15) is 6.33 Å². The molecule has 2 rings (SSSR count). The maximum Gasteiger partial charge on any atom is 0.186 e. The SMILES string of the molecule is CCc1ncnc(NC(C)c2cnn(C)c2)c1F. The molecule has 6 heteroatoms. The molecule has 5 nitrogen and oxygen atoms in total. The Morgan fingerprint density at radius 3 is 2.83 bits per heavy atom. The molecule has 1 atom stereocenters.